The number of nitrogens with zero attached hydrogens (tertiary/aromatic N) is 1. The lowest BCUT2D eigenvalue weighted by Gasteiger charge is -2.06. The van der Waals surface area contributed by atoms with Crippen LogP contribution in [-0.4, -0.2) is 25.8 Å². The van der Waals surface area contributed by atoms with Crippen molar-refractivity contribution in [2.24, 2.45) is 0 Å². The van der Waals surface area contributed by atoms with Gasteiger partial charge in [0.1, 0.15) is 0 Å². The van der Waals surface area contributed by atoms with Crippen molar-refractivity contribution in [3.8, 4) is 6.07 Å². The maximum absolute atomic E-state index is 8.23. The van der Waals surface area contributed by atoms with Crippen molar-refractivity contribution in [3.05, 3.63) is 0 Å². The Morgan fingerprint density at radius 2 is 2.17 bits per heavy atom. The van der Waals surface area contributed by atoms with Crippen molar-refractivity contribution < 1.29 is 4.74 Å². The van der Waals surface area contributed by atoms with Gasteiger partial charge in [-0.2, -0.15) is 5.26 Å². The second-order valence-corrected chi connectivity index (χ2v) is 2.93. The predicted molar refractivity (Wildman–Crippen MR) is 48.8 cm³/mol. The highest BCUT2D eigenvalue weighted by atomic mass is 16.5. The highest BCUT2D eigenvalue weighted by molar-refractivity contribution is 4.69. The summed E-state index contributed by atoms with van der Waals surface area (Å²) in [6.45, 7) is 6.59. The third-order valence-electron chi connectivity index (χ3n) is 1.36. The lowest BCUT2D eigenvalue weighted by atomic mass is 10.4. The summed E-state index contributed by atoms with van der Waals surface area (Å²) in [6, 6.07) is 2.08. The molecule has 0 unspecified atom stereocenters. The van der Waals surface area contributed by atoms with Crippen LogP contribution in [0.15, 0.2) is 0 Å². The fourth-order valence-corrected chi connectivity index (χ4v) is 0.785. The molecule has 0 saturated heterocycles. The molecule has 0 spiro atoms. The standard InChI is InChI=1S/C9H18N2O/c1-9(2)12-8-4-7-11-6-3-5-10/h9,11H,3-4,6-8H2,1-2H3. The first-order valence-corrected chi connectivity index (χ1v) is 4.46. The van der Waals surface area contributed by atoms with Crippen molar-refractivity contribution >= 4 is 0 Å². The largest absolute Gasteiger partial charge is 0.379 e. The van der Waals surface area contributed by atoms with E-state index >= 15 is 0 Å². The molecule has 0 aromatic rings. The molecule has 0 aliphatic rings. The van der Waals surface area contributed by atoms with Gasteiger partial charge in [0, 0.05) is 19.6 Å². The zero-order valence-electron chi connectivity index (χ0n) is 7.97. The van der Waals surface area contributed by atoms with Crippen LogP contribution in [0.2, 0.25) is 0 Å². The fourth-order valence-electron chi connectivity index (χ4n) is 0.785. The Kier molecular flexibility index (Phi) is 8.09. The van der Waals surface area contributed by atoms with Gasteiger partial charge in [0.25, 0.3) is 0 Å². The number of hydrogen-bond donors (Lipinski definition) is 1. The van der Waals surface area contributed by atoms with E-state index in [0.717, 1.165) is 26.1 Å². The molecule has 0 amide bonds. The van der Waals surface area contributed by atoms with E-state index in [2.05, 4.69) is 11.4 Å². The number of nitrogens with one attached hydrogen (secondary N) is 1. The zero-order chi connectivity index (χ0) is 9.23. The van der Waals surface area contributed by atoms with E-state index in [1.165, 1.54) is 0 Å². The summed E-state index contributed by atoms with van der Waals surface area (Å²) >= 11 is 0. The lowest BCUT2D eigenvalue weighted by Crippen LogP contribution is -2.18. The molecule has 3 heteroatoms. The Bertz CT molecular complexity index is 129. The summed E-state index contributed by atoms with van der Waals surface area (Å²) in [4.78, 5) is 0. The van der Waals surface area contributed by atoms with Crippen LogP contribution in [0.4, 0.5) is 0 Å². The van der Waals surface area contributed by atoms with Gasteiger partial charge >= 0.3 is 0 Å². The normalized spacial score (nSPS) is 10.2. The van der Waals surface area contributed by atoms with Crippen LogP contribution in [0.3, 0.4) is 0 Å². The highest BCUT2D eigenvalue weighted by Gasteiger charge is 1.92. The Labute approximate surface area is 74.7 Å². The molecule has 0 aromatic carbocycles. The van der Waals surface area contributed by atoms with E-state index in [1.54, 1.807) is 0 Å². The molecule has 0 aliphatic carbocycles. The first-order chi connectivity index (χ1) is 5.77. The zero-order valence-corrected chi connectivity index (χ0v) is 7.97. The SMILES string of the molecule is CC(C)OCCCNCCC#N. The van der Waals surface area contributed by atoms with Gasteiger partial charge < -0.3 is 10.1 Å². The van der Waals surface area contributed by atoms with Gasteiger partial charge in [-0.1, -0.05) is 0 Å². The molecule has 0 atom stereocenters. The summed E-state index contributed by atoms with van der Waals surface area (Å²) < 4.78 is 5.34. The molecular weight excluding hydrogens is 152 g/mol. The van der Waals surface area contributed by atoms with Crippen molar-refractivity contribution in [2.45, 2.75) is 32.8 Å². The smallest absolute Gasteiger partial charge is 0.0635 e. The second-order valence-electron chi connectivity index (χ2n) is 2.93. The Morgan fingerprint density at radius 1 is 1.42 bits per heavy atom. The van der Waals surface area contributed by atoms with Gasteiger partial charge in [-0.25, -0.2) is 0 Å². The number of hydrogen-bond acceptors (Lipinski definition) is 3. The summed E-state index contributed by atoms with van der Waals surface area (Å²) in [5.74, 6) is 0. The second kappa shape index (κ2) is 8.51. The van der Waals surface area contributed by atoms with Crippen LogP contribution in [0.1, 0.15) is 26.7 Å². The molecule has 0 fully saturated rings. The summed E-state index contributed by atoms with van der Waals surface area (Å²) in [5.41, 5.74) is 0. The highest BCUT2D eigenvalue weighted by Crippen LogP contribution is 1.88. The first-order valence-electron chi connectivity index (χ1n) is 4.46. The topological polar surface area (TPSA) is 45.0 Å². The van der Waals surface area contributed by atoms with Crippen LogP contribution in [0, 0.1) is 11.3 Å². The monoisotopic (exact) mass is 170 g/mol. The Hall–Kier alpha value is -0.590. The molecule has 0 aromatic heterocycles. The van der Waals surface area contributed by atoms with E-state index in [0.29, 0.717) is 12.5 Å². The van der Waals surface area contributed by atoms with Crippen molar-refractivity contribution in [1.82, 2.24) is 5.32 Å². The summed E-state index contributed by atoms with van der Waals surface area (Å²) in [5, 5.41) is 11.4. The van der Waals surface area contributed by atoms with Crippen molar-refractivity contribution in [1.29, 1.82) is 5.26 Å². The summed E-state index contributed by atoms with van der Waals surface area (Å²) in [6.07, 6.45) is 1.93. The van der Waals surface area contributed by atoms with Gasteiger partial charge in [0.15, 0.2) is 0 Å². The van der Waals surface area contributed by atoms with Crippen LogP contribution >= 0.6 is 0 Å². The van der Waals surface area contributed by atoms with Gasteiger partial charge in [-0.05, 0) is 26.8 Å². The number of nitriles is 1. The quantitative estimate of drug-likeness (QED) is 0.586. The Morgan fingerprint density at radius 3 is 2.75 bits per heavy atom. The van der Waals surface area contributed by atoms with Crippen molar-refractivity contribution in [2.75, 3.05) is 19.7 Å². The van der Waals surface area contributed by atoms with Gasteiger partial charge in [-0.15, -0.1) is 0 Å². The lowest BCUT2D eigenvalue weighted by molar-refractivity contribution is 0.0771. The van der Waals surface area contributed by atoms with Crippen LogP contribution < -0.4 is 5.32 Å². The van der Waals surface area contributed by atoms with Crippen LogP contribution in [-0.2, 0) is 4.74 Å². The van der Waals surface area contributed by atoms with E-state index < -0.39 is 0 Å². The van der Waals surface area contributed by atoms with Gasteiger partial charge in [0.2, 0.25) is 0 Å². The number of rotatable bonds is 7. The van der Waals surface area contributed by atoms with Gasteiger partial charge in [0.05, 0.1) is 12.2 Å². The van der Waals surface area contributed by atoms with E-state index in [4.69, 9.17) is 10.00 Å². The third kappa shape index (κ3) is 9.41. The Balaban J connectivity index is 2.87. The van der Waals surface area contributed by atoms with E-state index in [9.17, 15) is 0 Å². The van der Waals surface area contributed by atoms with Crippen LogP contribution in [0.5, 0.6) is 0 Å². The molecule has 0 heterocycles. The molecule has 12 heavy (non-hydrogen) atoms. The fraction of sp³-hybridized carbons (Fsp3) is 0.889. The maximum atomic E-state index is 8.23. The molecule has 70 valence electrons. The molecule has 0 saturated carbocycles. The molecule has 0 radical (unpaired) electrons. The molecule has 3 nitrogen and oxygen atoms in total. The van der Waals surface area contributed by atoms with E-state index in [1.807, 2.05) is 13.8 Å². The van der Waals surface area contributed by atoms with Crippen molar-refractivity contribution in [3.63, 3.8) is 0 Å². The average molecular weight is 170 g/mol. The predicted octanol–water partition coefficient (Wildman–Crippen LogP) is 1.30. The molecule has 0 aliphatic heterocycles. The average Bonchev–Trinajstić information content (AvgIpc) is 2.02. The summed E-state index contributed by atoms with van der Waals surface area (Å²) in [7, 11) is 0. The van der Waals surface area contributed by atoms with Gasteiger partial charge in [-0.3, -0.25) is 0 Å². The molecular formula is C9H18N2O. The molecule has 0 bridgehead atoms. The molecule has 1 N–H and O–H groups in total. The number of ether oxygens (including phenoxy) is 1. The minimum absolute atomic E-state index is 0.323. The minimum atomic E-state index is 0.323. The molecule has 0 rings (SSSR count). The third-order valence-corrected chi connectivity index (χ3v) is 1.36. The van der Waals surface area contributed by atoms with E-state index in [-0.39, 0.29) is 0 Å². The maximum Gasteiger partial charge on any atom is 0.0635 e. The van der Waals surface area contributed by atoms with Crippen LogP contribution in [0.25, 0.3) is 0 Å². The minimum Gasteiger partial charge on any atom is -0.379 e. The first kappa shape index (κ1) is 11.4.